The fraction of sp³-hybridized carbons (Fsp3) is 0.486. The van der Waals surface area contributed by atoms with Gasteiger partial charge in [-0.1, -0.05) is 111 Å². The number of esters is 1. The molecule has 0 amide bonds. The van der Waals surface area contributed by atoms with E-state index in [1.165, 1.54) is 36.0 Å². The summed E-state index contributed by atoms with van der Waals surface area (Å²) in [5.74, 6) is -0.0596. The molecule has 0 bridgehead atoms. The lowest BCUT2D eigenvalue weighted by atomic mass is 9.80. The second-order valence-corrected chi connectivity index (χ2v) is 12.1. The van der Waals surface area contributed by atoms with E-state index in [-0.39, 0.29) is 5.97 Å². The molecule has 1 aliphatic rings. The van der Waals surface area contributed by atoms with Gasteiger partial charge in [-0.05, 0) is 81.3 Å². The van der Waals surface area contributed by atoms with Crippen molar-refractivity contribution in [2.75, 3.05) is 13.1 Å². The molecule has 3 aromatic carbocycles. The molecule has 0 radical (unpaired) electrons. The van der Waals surface area contributed by atoms with Crippen molar-refractivity contribution in [2.45, 2.75) is 102 Å². The number of hydrogen-bond donors (Lipinski definition) is 1. The van der Waals surface area contributed by atoms with Crippen molar-refractivity contribution >= 4 is 5.97 Å². The van der Waals surface area contributed by atoms with Crippen LogP contribution in [0.3, 0.4) is 0 Å². The second kappa shape index (κ2) is 15.3. The number of hydrogen-bond acceptors (Lipinski definition) is 4. The maximum Gasteiger partial charge on any atom is 0.318 e. The summed E-state index contributed by atoms with van der Waals surface area (Å²) in [6.07, 6.45) is 8.07. The zero-order chi connectivity index (χ0) is 29.1. The van der Waals surface area contributed by atoms with Crippen molar-refractivity contribution in [1.82, 2.24) is 4.90 Å². The van der Waals surface area contributed by atoms with Gasteiger partial charge in [-0.2, -0.15) is 0 Å². The molecule has 4 nitrogen and oxygen atoms in total. The van der Waals surface area contributed by atoms with Gasteiger partial charge in [0.15, 0.2) is 0 Å². The van der Waals surface area contributed by atoms with Crippen LogP contribution in [0.25, 0.3) is 0 Å². The number of nitrogens with zero attached hydrogens (tertiary/aromatic N) is 1. The minimum Gasteiger partial charge on any atom is -0.435 e. The minimum absolute atomic E-state index is 0.304. The molecule has 2 unspecified atom stereocenters. The lowest BCUT2D eigenvalue weighted by Crippen LogP contribution is -2.44. The van der Waals surface area contributed by atoms with Gasteiger partial charge in [0.1, 0.15) is 0 Å². The molecule has 0 saturated carbocycles. The van der Waals surface area contributed by atoms with Crippen molar-refractivity contribution in [1.29, 1.82) is 0 Å². The highest BCUT2D eigenvalue weighted by Crippen LogP contribution is 2.36. The van der Waals surface area contributed by atoms with Gasteiger partial charge in [0.2, 0.25) is 6.29 Å². The van der Waals surface area contributed by atoms with Gasteiger partial charge in [-0.25, -0.2) is 0 Å². The van der Waals surface area contributed by atoms with Crippen molar-refractivity contribution in [2.24, 2.45) is 0 Å². The molecule has 1 saturated heterocycles. The molecule has 1 heterocycles. The highest BCUT2D eigenvalue weighted by molar-refractivity contribution is 5.82. The molecule has 220 valence electrons. The zero-order valence-electron chi connectivity index (χ0n) is 25.3. The number of benzene rings is 3. The summed E-state index contributed by atoms with van der Waals surface area (Å²) in [5, 5.41) is 10.8. The number of aliphatic hydroxyl groups is 1. The van der Waals surface area contributed by atoms with Crippen LogP contribution in [0.5, 0.6) is 0 Å². The number of rotatable bonds is 14. The molecule has 1 fully saturated rings. The molecular formula is C37H49NO3. The van der Waals surface area contributed by atoms with Crippen molar-refractivity contribution in [3.05, 3.63) is 107 Å². The molecule has 1 aliphatic heterocycles. The molecule has 1 N–H and O–H groups in total. The normalized spacial score (nSPS) is 17.0. The average molecular weight is 556 g/mol. The first-order valence-corrected chi connectivity index (χ1v) is 15.7. The van der Waals surface area contributed by atoms with Crippen LogP contribution in [0, 0.1) is 0 Å². The summed E-state index contributed by atoms with van der Waals surface area (Å²) in [5.41, 5.74) is 4.07. The Hall–Kier alpha value is -2.95. The van der Waals surface area contributed by atoms with Crippen molar-refractivity contribution < 1.29 is 14.6 Å². The van der Waals surface area contributed by atoms with Crippen LogP contribution in [-0.4, -0.2) is 41.4 Å². The predicted molar refractivity (Wildman–Crippen MR) is 168 cm³/mol. The van der Waals surface area contributed by atoms with E-state index >= 15 is 0 Å². The number of carbonyl (C=O) groups is 1. The molecule has 2 atom stereocenters. The van der Waals surface area contributed by atoms with Crippen molar-refractivity contribution in [3.8, 4) is 0 Å². The van der Waals surface area contributed by atoms with Crippen LogP contribution in [0.4, 0.5) is 0 Å². The average Bonchev–Trinajstić information content (AvgIpc) is 2.99. The Morgan fingerprint density at radius 2 is 1.54 bits per heavy atom. The number of likely N-dealkylation sites (tertiary alicyclic amines) is 1. The highest BCUT2D eigenvalue weighted by Gasteiger charge is 2.35. The van der Waals surface area contributed by atoms with E-state index in [9.17, 15) is 9.90 Å². The lowest BCUT2D eigenvalue weighted by Gasteiger charge is -2.41. The monoisotopic (exact) mass is 555 g/mol. The molecule has 0 aromatic heterocycles. The van der Waals surface area contributed by atoms with Gasteiger partial charge >= 0.3 is 5.97 Å². The summed E-state index contributed by atoms with van der Waals surface area (Å²) < 4.78 is 5.65. The molecule has 0 aliphatic carbocycles. The number of aliphatic hydroxyl groups excluding tert-OH is 1. The lowest BCUT2D eigenvalue weighted by molar-refractivity contribution is -0.174. The summed E-state index contributed by atoms with van der Waals surface area (Å²) in [6.45, 7) is 7.95. The highest BCUT2D eigenvalue weighted by atomic mass is 16.6. The van der Waals surface area contributed by atoms with Crippen LogP contribution in [0.1, 0.15) is 100 Å². The zero-order valence-corrected chi connectivity index (χ0v) is 25.3. The maximum atomic E-state index is 13.3. The Morgan fingerprint density at radius 3 is 2.20 bits per heavy atom. The van der Waals surface area contributed by atoms with Gasteiger partial charge in [0.25, 0.3) is 0 Å². The Morgan fingerprint density at radius 1 is 0.902 bits per heavy atom. The van der Waals surface area contributed by atoms with Gasteiger partial charge < -0.3 is 9.84 Å². The third-order valence-corrected chi connectivity index (χ3v) is 8.76. The number of carbonyl (C=O) groups excluding carboxylic acids is 1. The summed E-state index contributed by atoms with van der Waals surface area (Å²) >= 11 is 0. The van der Waals surface area contributed by atoms with Crippen LogP contribution >= 0.6 is 0 Å². The Labute approximate surface area is 247 Å². The van der Waals surface area contributed by atoms with E-state index in [1.807, 2.05) is 32.0 Å². The molecule has 4 rings (SSSR count). The third-order valence-electron chi connectivity index (χ3n) is 8.76. The van der Waals surface area contributed by atoms with Gasteiger partial charge in [-0.3, -0.25) is 9.69 Å². The number of aryl methyl sites for hydroxylation is 1. The summed E-state index contributed by atoms with van der Waals surface area (Å²) in [6, 6.07) is 30.3. The van der Waals surface area contributed by atoms with Crippen LogP contribution in [-0.2, 0) is 21.4 Å². The number of ether oxygens (including phenoxy) is 1. The minimum atomic E-state index is -1.10. The first-order valence-electron chi connectivity index (χ1n) is 15.7. The molecule has 3 aromatic rings. The van der Waals surface area contributed by atoms with Crippen LogP contribution in [0.2, 0.25) is 0 Å². The molecular weight excluding hydrogens is 506 g/mol. The maximum absolute atomic E-state index is 13.3. The van der Waals surface area contributed by atoms with E-state index in [0.717, 1.165) is 50.8 Å². The van der Waals surface area contributed by atoms with Crippen LogP contribution in [0.15, 0.2) is 84.9 Å². The topological polar surface area (TPSA) is 49.8 Å². The Kier molecular flexibility index (Phi) is 11.6. The number of unbranched alkanes of at least 4 members (excludes halogenated alkanes) is 2. The Bertz CT molecular complexity index is 1150. The quantitative estimate of drug-likeness (QED) is 0.124. The molecule has 0 spiro atoms. The molecule has 4 heteroatoms. The van der Waals surface area contributed by atoms with E-state index in [4.69, 9.17) is 4.74 Å². The fourth-order valence-corrected chi connectivity index (χ4v) is 6.45. The standard InChI is InChI=1S/C37H49NO3/c1-4-5-8-18-29-19-13-14-24-32(29)37(2,3)36(40)41-34(39)26-17-28-38-27-16-15-25-33(38)35(30-20-9-6-10-21-30)31-22-11-7-12-23-31/h6-7,9-14,19-24,33-35,39H,4-5,8,15-18,25-28H2,1-3H3. The van der Waals surface area contributed by atoms with Gasteiger partial charge in [0.05, 0.1) is 5.41 Å². The number of piperidine rings is 1. The third kappa shape index (κ3) is 8.30. The predicted octanol–water partition coefficient (Wildman–Crippen LogP) is 8.03. The fourth-order valence-electron chi connectivity index (χ4n) is 6.45. The van der Waals surface area contributed by atoms with E-state index in [1.54, 1.807) is 0 Å². The van der Waals surface area contributed by atoms with E-state index in [2.05, 4.69) is 78.6 Å². The smallest absolute Gasteiger partial charge is 0.318 e. The second-order valence-electron chi connectivity index (χ2n) is 12.1. The SMILES string of the molecule is CCCCCc1ccccc1C(C)(C)C(=O)OC(O)CCCN1CCCCC1C(c1ccccc1)c1ccccc1. The summed E-state index contributed by atoms with van der Waals surface area (Å²) in [4.78, 5) is 15.9. The first kappa shape index (κ1) is 31.0. The van der Waals surface area contributed by atoms with Crippen molar-refractivity contribution in [3.63, 3.8) is 0 Å². The molecule has 41 heavy (non-hydrogen) atoms. The summed E-state index contributed by atoms with van der Waals surface area (Å²) in [7, 11) is 0. The van der Waals surface area contributed by atoms with Gasteiger partial charge in [0, 0.05) is 18.4 Å². The Balaban J connectivity index is 1.37. The largest absolute Gasteiger partial charge is 0.435 e. The first-order chi connectivity index (χ1) is 19.9. The van der Waals surface area contributed by atoms with E-state index in [0.29, 0.717) is 18.4 Å². The van der Waals surface area contributed by atoms with E-state index < -0.39 is 11.7 Å². The van der Waals surface area contributed by atoms with Gasteiger partial charge in [-0.15, -0.1) is 0 Å². The van der Waals surface area contributed by atoms with Crippen LogP contribution < -0.4 is 0 Å².